The van der Waals surface area contributed by atoms with E-state index in [2.05, 4.69) is 29.7 Å². The lowest BCUT2D eigenvalue weighted by atomic mass is 9.97. The minimum Gasteiger partial charge on any atom is -0.354 e. The number of hydrogen-bond donors (Lipinski definition) is 1. The van der Waals surface area contributed by atoms with Gasteiger partial charge in [0, 0.05) is 19.6 Å². The molecule has 4 heterocycles. The summed E-state index contributed by atoms with van der Waals surface area (Å²) in [5.41, 5.74) is 1.74. The predicted octanol–water partition coefficient (Wildman–Crippen LogP) is 2.45. The highest BCUT2D eigenvalue weighted by Crippen LogP contribution is 2.26. The van der Waals surface area contributed by atoms with Crippen LogP contribution in [0.2, 0.25) is 0 Å². The lowest BCUT2D eigenvalue weighted by Gasteiger charge is -2.36. The van der Waals surface area contributed by atoms with E-state index in [0.29, 0.717) is 0 Å². The zero-order chi connectivity index (χ0) is 15.5. The minimum absolute atomic E-state index is 0.745. The average molecular weight is 314 g/mol. The fraction of sp³-hybridized carbons (Fsp3) is 0.706. The van der Waals surface area contributed by atoms with Crippen molar-refractivity contribution in [2.75, 3.05) is 37.6 Å². The van der Waals surface area contributed by atoms with Crippen LogP contribution in [-0.4, -0.2) is 57.6 Å². The molecule has 124 valence electrons. The van der Waals surface area contributed by atoms with E-state index >= 15 is 0 Å². The van der Waals surface area contributed by atoms with Crippen LogP contribution in [0.25, 0.3) is 11.2 Å². The molecule has 0 bridgehead atoms. The first kappa shape index (κ1) is 14.9. The van der Waals surface area contributed by atoms with Crippen molar-refractivity contribution in [1.82, 2.24) is 24.8 Å². The van der Waals surface area contributed by atoms with Crippen LogP contribution < -0.4 is 4.90 Å². The Labute approximate surface area is 137 Å². The Morgan fingerprint density at radius 3 is 2.74 bits per heavy atom. The number of aromatic nitrogens is 4. The second kappa shape index (κ2) is 6.83. The van der Waals surface area contributed by atoms with Crippen LogP contribution in [0.5, 0.6) is 0 Å². The van der Waals surface area contributed by atoms with Gasteiger partial charge in [0.25, 0.3) is 0 Å². The molecular weight excluding hydrogens is 288 g/mol. The van der Waals surface area contributed by atoms with Gasteiger partial charge < -0.3 is 14.8 Å². The molecule has 1 N–H and O–H groups in total. The Morgan fingerprint density at radius 1 is 1.00 bits per heavy atom. The van der Waals surface area contributed by atoms with Gasteiger partial charge in [-0.15, -0.1) is 0 Å². The maximum atomic E-state index is 4.53. The molecule has 0 amide bonds. The molecule has 0 aromatic carbocycles. The van der Waals surface area contributed by atoms with Crippen molar-refractivity contribution in [2.24, 2.45) is 5.92 Å². The molecule has 6 heteroatoms. The Kier molecular flexibility index (Phi) is 4.41. The van der Waals surface area contributed by atoms with Gasteiger partial charge in [-0.05, 0) is 44.7 Å². The van der Waals surface area contributed by atoms with E-state index in [1.54, 1.807) is 12.7 Å². The average Bonchev–Trinajstić information content (AvgIpc) is 2.92. The maximum absolute atomic E-state index is 4.53. The number of aromatic amines is 1. The molecule has 2 fully saturated rings. The summed E-state index contributed by atoms with van der Waals surface area (Å²) in [5, 5.41) is 0. The van der Waals surface area contributed by atoms with E-state index in [1.807, 2.05) is 0 Å². The Hall–Kier alpha value is -1.69. The first-order valence-corrected chi connectivity index (χ1v) is 9.01. The number of fused-ring (bicyclic) bond motifs is 1. The molecule has 2 saturated heterocycles. The topological polar surface area (TPSA) is 60.9 Å². The molecule has 0 saturated carbocycles. The summed E-state index contributed by atoms with van der Waals surface area (Å²) in [7, 11) is 0. The first-order chi connectivity index (χ1) is 11.4. The van der Waals surface area contributed by atoms with Crippen molar-refractivity contribution in [3.63, 3.8) is 0 Å². The van der Waals surface area contributed by atoms with Crippen molar-refractivity contribution in [3.05, 3.63) is 12.7 Å². The van der Waals surface area contributed by atoms with E-state index in [1.165, 1.54) is 58.2 Å². The molecular formula is C17H26N6. The van der Waals surface area contributed by atoms with Crippen molar-refractivity contribution < 1.29 is 0 Å². The number of nitrogens with zero attached hydrogens (tertiary/aromatic N) is 5. The molecule has 2 aliphatic heterocycles. The molecule has 2 aromatic rings. The molecule has 1 atom stereocenters. The molecule has 0 radical (unpaired) electrons. The van der Waals surface area contributed by atoms with Gasteiger partial charge in [0.05, 0.1) is 6.33 Å². The number of nitrogens with one attached hydrogen (secondary N) is 1. The fourth-order valence-corrected chi connectivity index (χ4v) is 4.08. The maximum Gasteiger partial charge on any atom is 0.182 e. The smallest absolute Gasteiger partial charge is 0.182 e. The Morgan fingerprint density at radius 2 is 1.87 bits per heavy atom. The highest BCUT2D eigenvalue weighted by molar-refractivity contribution is 5.82. The zero-order valence-corrected chi connectivity index (χ0v) is 13.7. The minimum atomic E-state index is 0.745. The highest BCUT2D eigenvalue weighted by atomic mass is 15.2. The standard InChI is InChI=1S/C17H26N6/c1-2-4-8-22(7-3-1)10-14-6-5-9-23(11-14)17-15-16(19-12-18-15)20-13-21-17/h12-14H,1-11H2,(H,18,19,20,21). The lowest BCUT2D eigenvalue weighted by Crippen LogP contribution is -2.41. The van der Waals surface area contributed by atoms with Crippen LogP contribution in [0.15, 0.2) is 12.7 Å². The third kappa shape index (κ3) is 3.32. The van der Waals surface area contributed by atoms with E-state index in [0.717, 1.165) is 36.0 Å². The van der Waals surface area contributed by atoms with Gasteiger partial charge in [-0.2, -0.15) is 0 Å². The quantitative estimate of drug-likeness (QED) is 0.943. The lowest BCUT2D eigenvalue weighted by molar-refractivity contribution is 0.222. The normalized spacial score (nSPS) is 24.0. The Balaban J connectivity index is 1.45. The third-order valence-corrected chi connectivity index (χ3v) is 5.24. The number of rotatable bonds is 3. The predicted molar refractivity (Wildman–Crippen MR) is 91.5 cm³/mol. The van der Waals surface area contributed by atoms with Crippen molar-refractivity contribution >= 4 is 17.0 Å². The molecule has 4 rings (SSSR count). The summed E-state index contributed by atoms with van der Waals surface area (Å²) < 4.78 is 0. The van der Waals surface area contributed by atoms with E-state index < -0.39 is 0 Å². The van der Waals surface area contributed by atoms with Gasteiger partial charge in [0.1, 0.15) is 11.8 Å². The van der Waals surface area contributed by atoms with Gasteiger partial charge in [0.15, 0.2) is 11.5 Å². The molecule has 0 spiro atoms. The molecule has 6 nitrogen and oxygen atoms in total. The Bertz CT molecular complexity index is 631. The summed E-state index contributed by atoms with van der Waals surface area (Å²) in [6.07, 6.45) is 11.5. The molecule has 0 aliphatic carbocycles. The van der Waals surface area contributed by atoms with Gasteiger partial charge in [-0.1, -0.05) is 12.8 Å². The van der Waals surface area contributed by atoms with Crippen molar-refractivity contribution in [1.29, 1.82) is 0 Å². The second-order valence-electron chi connectivity index (χ2n) is 6.97. The number of piperidine rings is 1. The monoisotopic (exact) mass is 314 g/mol. The van der Waals surface area contributed by atoms with Gasteiger partial charge in [-0.3, -0.25) is 0 Å². The van der Waals surface area contributed by atoms with Crippen LogP contribution in [0, 0.1) is 5.92 Å². The van der Waals surface area contributed by atoms with Gasteiger partial charge in [-0.25, -0.2) is 15.0 Å². The molecule has 1 unspecified atom stereocenters. The SMILES string of the molecule is c1nc(N2CCCC(CN3CCCCCC3)C2)c2[nH]cnc2n1. The van der Waals surface area contributed by atoms with Crippen LogP contribution >= 0.6 is 0 Å². The summed E-state index contributed by atoms with van der Waals surface area (Å²) in [4.78, 5) is 21.3. The van der Waals surface area contributed by atoms with E-state index in [4.69, 9.17) is 0 Å². The van der Waals surface area contributed by atoms with E-state index in [9.17, 15) is 0 Å². The number of imidazole rings is 1. The summed E-state index contributed by atoms with van der Waals surface area (Å²) >= 11 is 0. The van der Waals surface area contributed by atoms with Crippen LogP contribution in [0.4, 0.5) is 5.82 Å². The fourth-order valence-electron chi connectivity index (χ4n) is 4.08. The third-order valence-electron chi connectivity index (χ3n) is 5.24. The number of anilines is 1. The molecule has 2 aliphatic rings. The first-order valence-electron chi connectivity index (χ1n) is 9.01. The summed E-state index contributed by atoms with van der Waals surface area (Å²) in [6.45, 7) is 6.00. The number of hydrogen-bond acceptors (Lipinski definition) is 5. The molecule has 23 heavy (non-hydrogen) atoms. The van der Waals surface area contributed by atoms with Gasteiger partial charge >= 0.3 is 0 Å². The zero-order valence-electron chi connectivity index (χ0n) is 13.7. The van der Waals surface area contributed by atoms with Crippen LogP contribution in [0.3, 0.4) is 0 Å². The molecule has 2 aromatic heterocycles. The summed E-state index contributed by atoms with van der Waals surface area (Å²) in [5.74, 6) is 1.77. The van der Waals surface area contributed by atoms with Gasteiger partial charge in [0.2, 0.25) is 0 Å². The highest BCUT2D eigenvalue weighted by Gasteiger charge is 2.25. The van der Waals surface area contributed by atoms with Crippen molar-refractivity contribution in [2.45, 2.75) is 38.5 Å². The van der Waals surface area contributed by atoms with Crippen LogP contribution in [0.1, 0.15) is 38.5 Å². The largest absolute Gasteiger partial charge is 0.354 e. The summed E-state index contributed by atoms with van der Waals surface area (Å²) in [6, 6.07) is 0. The van der Waals surface area contributed by atoms with Crippen molar-refractivity contribution in [3.8, 4) is 0 Å². The number of H-pyrrole nitrogens is 1. The van der Waals surface area contributed by atoms with Crippen LogP contribution in [-0.2, 0) is 0 Å². The second-order valence-corrected chi connectivity index (χ2v) is 6.97. The number of likely N-dealkylation sites (tertiary alicyclic amines) is 1. The van der Waals surface area contributed by atoms with E-state index in [-0.39, 0.29) is 0 Å².